The Hall–Kier alpha value is -1.68. The molecular formula is C27H38O4. The third-order valence-corrected chi connectivity index (χ3v) is 9.10. The Morgan fingerprint density at radius 1 is 1.13 bits per heavy atom. The molecule has 0 spiro atoms. The highest BCUT2D eigenvalue weighted by Crippen LogP contribution is 2.56. The first-order valence-electron chi connectivity index (χ1n) is 12.1. The summed E-state index contributed by atoms with van der Waals surface area (Å²) in [5.74, 6) is -0.0633. The first-order valence-corrected chi connectivity index (χ1v) is 12.1. The minimum atomic E-state index is -1.26. The van der Waals surface area contributed by atoms with Crippen LogP contribution in [-0.4, -0.2) is 28.6 Å². The summed E-state index contributed by atoms with van der Waals surface area (Å²) in [7, 11) is 0. The van der Waals surface area contributed by atoms with Crippen LogP contribution in [0.2, 0.25) is 0 Å². The second kappa shape index (κ2) is 8.03. The first kappa shape index (κ1) is 22.5. The molecule has 6 atom stereocenters. The summed E-state index contributed by atoms with van der Waals surface area (Å²) in [4.78, 5) is 26.1. The monoisotopic (exact) mass is 426 g/mol. The molecule has 1 aromatic carbocycles. The maximum absolute atomic E-state index is 13.5. The van der Waals surface area contributed by atoms with E-state index in [1.165, 1.54) is 5.56 Å². The van der Waals surface area contributed by atoms with E-state index in [0.29, 0.717) is 31.6 Å². The molecule has 3 aliphatic carbocycles. The summed E-state index contributed by atoms with van der Waals surface area (Å²) in [6.45, 7) is 8.59. The topological polar surface area (TPSA) is 63.6 Å². The van der Waals surface area contributed by atoms with Crippen LogP contribution in [0.1, 0.15) is 84.6 Å². The molecule has 0 aliphatic heterocycles. The summed E-state index contributed by atoms with van der Waals surface area (Å²) in [5.41, 5.74) is -0.921. The average Bonchev–Trinajstić information content (AvgIpc) is 2.98. The molecule has 3 aliphatic rings. The zero-order chi connectivity index (χ0) is 22.4. The lowest BCUT2D eigenvalue weighted by Crippen LogP contribution is -2.57. The van der Waals surface area contributed by atoms with Crippen molar-refractivity contribution in [2.45, 2.75) is 96.2 Å². The predicted molar refractivity (Wildman–Crippen MR) is 120 cm³/mol. The lowest BCUT2D eigenvalue weighted by Gasteiger charge is -2.48. The van der Waals surface area contributed by atoms with E-state index < -0.39 is 16.9 Å². The number of fused-ring (bicyclic) bond motifs is 1. The second-order valence-electron chi connectivity index (χ2n) is 11.2. The lowest BCUT2D eigenvalue weighted by atomic mass is 9.60. The van der Waals surface area contributed by atoms with Crippen molar-refractivity contribution in [3.8, 4) is 0 Å². The molecule has 0 radical (unpaired) electrons. The number of esters is 1. The van der Waals surface area contributed by atoms with Gasteiger partial charge in [0, 0.05) is 12.3 Å². The Morgan fingerprint density at radius 2 is 1.84 bits per heavy atom. The molecular weight excluding hydrogens is 388 g/mol. The molecule has 0 aromatic heterocycles. The fourth-order valence-corrected chi connectivity index (χ4v) is 6.82. The number of ether oxygens (including phenoxy) is 1. The second-order valence-corrected chi connectivity index (χ2v) is 11.2. The van der Waals surface area contributed by atoms with E-state index >= 15 is 0 Å². The SMILES string of the molecule is C[C@@H]1CC[C@@H](C(C)(C)c2ccccc2)[C@H](OC(=O)[C@@H]2CCC[C@@]3(C)C(=O)CC[C@@]23O)C1. The Kier molecular flexibility index (Phi) is 5.83. The first-order chi connectivity index (χ1) is 14.6. The molecule has 31 heavy (non-hydrogen) atoms. The number of hydrogen-bond donors (Lipinski definition) is 1. The van der Waals surface area contributed by atoms with Crippen molar-refractivity contribution >= 4 is 11.8 Å². The fraction of sp³-hybridized carbons (Fsp3) is 0.704. The van der Waals surface area contributed by atoms with Crippen molar-refractivity contribution in [3.63, 3.8) is 0 Å². The van der Waals surface area contributed by atoms with Gasteiger partial charge in [-0.15, -0.1) is 0 Å². The quantitative estimate of drug-likeness (QED) is 0.671. The minimum Gasteiger partial charge on any atom is -0.462 e. The standard InChI is InChI=1S/C27H38O4/c1-18-12-13-20(25(2,3)19-9-6-5-7-10-19)22(17-18)31-24(29)21-11-8-15-26(4)23(28)14-16-27(21,26)30/h5-7,9-10,18,20-22,30H,8,11-17H2,1-4H3/t18-,20-,21+,22-,26+,27-/m1/s1. The molecule has 3 saturated carbocycles. The van der Waals surface area contributed by atoms with Gasteiger partial charge >= 0.3 is 5.97 Å². The number of benzene rings is 1. The van der Waals surface area contributed by atoms with Crippen molar-refractivity contribution in [1.29, 1.82) is 0 Å². The minimum absolute atomic E-state index is 0.0990. The molecule has 1 aromatic rings. The smallest absolute Gasteiger partial charge is 0.312 e. The van der Waals surface area contributed by atoms with Crippen LogP contribution in [0, 0.1) is 23.2 Å². The normalized spacial score (nSPS) is 38.5. The number of hydrogen-bond acceptors (Lipinski definition) is 4. The van der Waals surface area contributed by atoms with Gasteiger partial charge in [-0.1, -0.05) is 63.9 Å². The van der Waals surface area contributed by atoms with E-state index in [1.807, 2.05) is 13.0 Å². The highest BCUT2D eigenvalue weighted by Gasteiger charge is 2.63. The van der Waals surface area contributed by atoms with Gasteiger partial charge in [0.15, 0.2) is 0 Å². The number of Topliss-reactive ketones (excluding diaryl/α,β-unsaturated/α-hetero) is 1. The molecule has 0 bridgehead atoms. The van der Waals surface area contributed by atoms with Crippen LogP contribution >= 0.6 is 0 Å². The van der Waals surface area contributed by atoms with Crippen LogP contribution < -0.4 is 0 Å². The third kappa shape index (κ3) is 3.65. The number of rotatable bonds is 4. The van der Waals surface area contributed by atoms with Gasteiger partial charge < -0.3 is 9.84 Å². The molecule has 3 fully saturated rings. The summed E-state index contributed by atoms with van der Waals surface area (Å²) in [6, 6.07) is 10.5. The van der Waals surface area contributed by atoms with Crippen LogP contribution in [0.5, 0.6) is 0 Å². The number of aliphatic hydroxyl groups is 1. The molecule has 4 heteroatoms. The molecule has 0 amide bonds. The van der Waals surface area contributed by atoms with Crippen molar-refractivity contribution in [3.05, 3.63) is 35.9 Å². The summed E-state index contributed by atoms with van der Waals surface area (Å²) < 4.78 is 6.27. The fourth-order valence-electron chi connectivity index (χ4n) is 6.82. The summed E-state index contributed by atoms with van der Waals surface area (Å²) in [5, 5.41) is 11.5. The molecule has 0 saturated heterocycles. The summed E-state index contributed by atoms with van der Waals surface area (Å²) >= 11 is 0. The van der Waals surface area contributed by atoms with Gasteiger partial charge in [0.1, 0.15) is 11.9 Å². The molecule has 170 valence electrons. The van der Waals surface area contributed by atoms with E-state index in [9.17, 15) is 14.7 Å². The Labute approximate surface area is 186 Å². The van der Waals surface area contributed by atoms with E-state index in [-0.39, 0.29) is 29.2 Å². The Morgan fingerprint density at radius 3 is 2.55 bits per heavy atom. The summed E-state index contributed by atoms with van der Waals surface area (Å²) in [6.07, 6.45) is 5.63. The van der Waals surface area contributed by atoms with Crippen molar-refractivity contribution in [1.82, 2.24) is 0 Å². The van der Waals surface area contributed by atoms with E-state index in [1.54, 1.807) is 0 Å². The zero-order valence-electron chi connectivity index (χ0n) is 19.5. The van der Waals surface area contributed by atoms with Crippen molar-refractivity contribution in [2.75, 3.05) is 0 Å². The van der Waals surface area contributed by atoms with Gasteiger partial charge in [0.2, 0.25) is 0 Å². The maximum atomic E-state index is 13.5. The lowest BCUT2D eigenvalue weighted by molar-refractivity contribution is -0.187. The van der Waals surface area contributed by atoms with Crippen LogP contribution in [0.25, 0.3) is 0 Å². The van der Waals surface area contributed by atoms with Gasteiger partial charge in [0.25, 0.3) is 0 Å². The number of carbonyl (C=O) groups excluding carboxylic acids is 2. The zero-order valence-corrected chi connectivity index (χ0v) is 19.5. The number of carbonyl (C=O) groups is 2. The van der Waals surface area contributed by atoms with E-state index in [4.69, 9.17) is 4.74 Å². The van der Waals surface area contributed by atoms with Gasteiger partial charge in [0.05, 0.1) is 16.9 Å². The largest absolute Gasteiger partial charge is 0.462 e. The van der Waals surface area contributed by atoms with Gasteiger partial charge in [-0.05, 0) is 55.9 Å². The van der Waals surface area contributed by atoms with Crippen LogP contribution in [0.15, 0.2) is 30.3 Å². The average molecular weight is 427 g/mol. The van der Waals surface area contributed by atoms with Crippen LogP contribution in [0.4, 0.5) is 0 Å². The molecule has 0 unspecified atom stereocenters. The predicted octanol–water partition coefficient (Wildman–Crippen LogP) is 5.21. The highest BCUT2D eigenvalue weighted by atomic mass is 16.5. The van der Waals surface area contributed by atoms with Gasteiger partial charge in [-0.25, -0.2) is 0 Å². The van der Waals surface area contributed by atoms with Crippen LogP contribution in [0.3, 0.4) is 0 Å². The Bertz CT molecular complexity index is 831. The molecule has 4 rings (SSSR count). The van der Waals surface area contributed by atoms with Crippen molar-refractivity contribution < 1.29 is 19.4 Å². The van der Waals surface area contributed by atoms with Crippen LogP contribution in [-0.2, 0) is 19.7 Å². The van der Waals surface area contributed by atoms with E-state index in [2.05, 4.69) is 45.0 Å². The third-order valence-electron chi connectivity index (χ3n) is 9.10. The molecule has 0 heterocycles. The van der Waals surface area contributed by atoms with E-state index in [0.717, 1.165) is 25.7 Å². The maximum Gasteiger partial charge on any atom is 0.312 e. The molecule has 1 N–H and O–H groups in total. The Balaban J connectivity index is 1.57. The van der Waals surface area contributed by atoms with Gasteiger partial charge in [-0.3, -0.25) is 9.59 Å². The van der Waals surface area contributed by atoms with Crippen molar-refractivity contribution in [2.24, 2.45) is 23.2 Å². The number of ketones is 1. The molecule has 4 nitrogen and oxygen atoms in total. The highest BCUT2D eigenvalue weighted by molar-refractivity contribution is 5.90. The van der Waals surface area contributed by atoms with Gasteiger partial charge in [-0.2, -0.15) is 0 Å².